The summed E-state index contributed by atoms with van der Waals surface area (Å²) < 4.78 is 11.3. The predicted molar refractivity (Wildman–Crippen MR) is 97.8 cm³/mol. The van der Waals surface area contributed by atoms with Gasteiger partial charge in [0.25, 0.3) is 5.91 Å². The van der Waals surface area contributed by atoms with Gasteiger partial charge in [-0.2, -0.15) is 0 Å². The molecule has 0 aliphatic carbocycles. The maximum absolute atomic E-state index is 12.0. The van der Waals surface area contributed by atoms with Crippen molar-refractivity contribution in [3.63, 3.8) is 0 Å². The molecule has 0 saturated carbocycles. The second-order valence-electron chi connectivity index (χ2n) is 5.96. The molecule has 0 saturated heterocycles. The lowest BCUT2D eigenvalue weighted by atomic mass is 10.1. The number of furan rings is 1. The Morgan fingerprint density at radius 1 is 1.12 bits per heavy atom. The molecule has 1 amide bonds. The molecule has 0 aliphatic rings. The monoisotopic (exact) mass is 338 g/mol. The summed E-state index contributed by atoms with van der Waals surface area (Å²) in [5.74, 6) is 1.45. The fraction of sp³-hybridized carbons (Fsp3) is 0.250. The number of nitrogens with one attached hydrogen (secondary N) is 2. The van der Waals surface area contributed by atoms with Crippen molar-refractivity contribution in [2.24, 2.45) is 0 Å². The summed E-state index contributed by atoms with van der Waals surface area (Å²) in [6.07, 6.45) is 0. The molecular formula is C20H22N2O3. The quantitative estimate of drug-likeness (QED) is 0.693. The van der Waals surface area contributed by atoms with Crippen LogP contribution < -0.4 is 15.4 Å². The SMILES string of the molecule is CNC(C)CNC(=O)c1ccc(COc2ccc3ccccc3c2)o1. The van der Waals surface area contributed by atoms with Crippen LogP contribution in [0, 0.1) is 0 Å². The molecule has 2 N–H and O–H groups in total. The molecule has 5 nitrogen and oxygen atoms in total. The van der Waals surface area contributed by atoms with Gasteiger partial charge in [-0.3, -0.25) is 4.79 Å². The van der Waals surface area contributed by atoms with Crippen LogP contribution >= 0.6 is 0 Å². The van der Waals surface area contributed by atoms with Gasteiger partial charge in [-0.1, -0.05) is 30.3 Å². The highest BCUT2D eigenvalue weighted by Crippen LogP contribution is 2.21. The Hall–Kier alpha value is -2.79. The van der Waals surface area contributed by atoms with Gasteiger partial charge in [0.2, 0.25) is 0 Å². The average Bonchev–Trinajstić information content (AvgIpc) is 3.13. The summed E-state index contributed by atoms with van der Waals surface area (Å²) in [4.78, 5) is 12.0. The van der Waals surface area contributed by atoms with Crippen LogP contribution in [0.25, 0.3) is 10.8 Å². The Kier molecular flexibility index (Phi) is 5.36. The fourth-order valence-electron chi connectivity index (χ4n) is 2.42. The maximum atomic E-state index is 12.0. The van der Waals surface area contributed by atoms with Crippen LogP contribution in [0.4, 0.5) is 0 Å². The minimum absolute atomic E-state index is 0.203. The van der Waals surface area contributed by atoms with Gasteiger partial charge in [0.1, 0.15) is 18.1 Å². The van der Waals surface area contributed by atoms with E-state index >= 15 is 0 Å². The standard InChI is InChI=1S/C20H22N2O3/c1-14(21-2)12-22-20(23)19-10-9-18(25-19)13-24-17-8-7-15-5-3-4-6-16(15)11-17/h3-11,14,21H,12-13H2,1-2H3,(H,22,23). The molecule has 3 aromatic rings. The van der Waals surface area contributed by atoms with E-state index in [1.54, 1.807) is 12.1 Å². The van der Waals surface area contributed by atoms with Crippen molar-refractivity contribution in [1.29, 1.82) is 0 Å². The van der Waals surface area contributed by atoms with Crippen LogP contribution in [0.3, 0.4) is 0 Å². The third-order valence-corrected chi connectivity index (χ3v) is 4.05. The third kappa shape index (κ3) is 4.39. The highest BCUT2D eigenvalue weighted by Gasteiger charge is 2.12. The molecule has 0 aliphatic heterocycles. The van der Waals surface area contributed by atoms with Crippen molar-refractivity contribution in [3.8, 4) is 5.75 Å². The minimum Gasteiger partial charge on any atom is -0.486 e. The number of likely N-dealkylation sites (N-methyl/N-ethyl adjacent to an activating group) is 1. The van der Waals surface area contributed by atoms with Crippen LogP contribution in [0.15, 0.2) is 59.0 Å². The lowest BCUT2D eigenvalue weighted by Gasteiger charge is -2.10. The van der Waals surface area contributed by atoms with E-state index in [2.05, 4.69) is 16.7 Å². The number of hydrogen-bond acceptors (Lipinski definition) is 4. The van der Waals surface area contributed by atoms with E-state index in [9.17, 15) is 4.79 Å². The second kappa shape index (κ2) is 7.85. The van der Waals surface area contributed by atoms with Gasteiger partial charge in [-0.15, -0.1) is 0 Å². The fourth-order valence-corrected chi connectivity index (χ4v) is 2.42. The average molecular weight is 338 g/mol. The number of carbonyl (C=O) groups excluding carboxylic acids is 1. The normalized spacial score (nSPS) is 12.1. The van der Waals surface area contributed by atoms with Crippen molar-refractivity contribution in [3.05, 3.63) is 66.1 Å². The molecule has 1 atom stereocenters. The van der Waals surface area contributed by atoms with E-state index in [1.165, 1.54) is 5.39 Å². The van der Waals surface area contributed by atoms with Crippen LogP contribution in [-0.4, -0.2) is 25.5 Å². The zero-order chi connectivity index (χ0) is 17.6. The predicted octanol–water partition coefficient (Wildman–Crippen LogP) is 3.35. The zero-order valence-electron chi connectivity index (χ0n) is 14.4. The van der Waals surface area contributed by atoms with Gasteiger partial charge in [0, 0.05) is 12.6 Å². The second-order valence-corrected chi connectivity index (χ2v) is 5.96. The number of fused-ring (bicyclic) bond motifs is 1. The molecule has 2 aromatic carbocycles. The van der Waals surface area contributed by atoms with Gasteiger partial charge < -0.3 is 19.8 Å². The van der Waals surface area contributed by atoms with Crippen LogP contribution in [0.1, 0.15) is 23.2 Å². The van der Waals surface area contributed by atoms with Crippen LogP contribution in [0.2, 0.25) is 0 Å². The van der Waals surface area contributed by atoms with E-state index < -0.39 is 0 Å². The Balaban J connectivity index is 1.58. The molecule has 0 spiro atoms. The van der Waals surface area contributed by atoms with E-state index in [-0.39, 0.29) is 18.6 Å². The van der Waals surface area contributed by atoms with Gasteiger partial charge in [-0.25, -0.2) is 0 Å². The summed E-state index contributed by atoms with van der Waals surface area (Å²) in [6.45, 7) is 2.81. The Labute approximate surface area is 147 Å². The topological polar surface area (TPSA) is 63.5 Å². The first-order valence-corrected chi connectivity index (χ1v) is 8.31. The Morgan fingerprint density at radius 2 is 1.92 bits per heavy atom. The molecular weight excluding hydrogens is 316 g/mol. The largest absolute Gasteiger partial charge is 0.486 e. The lowest BCUT2D eigenvalue weighted by molar-refractivity contribution is 0.0918. The summed E-state index contributed by atoms with van der Waals surface area (Å²) in [5.41, 5.74) is 0. The number of amides is 1. The summed E-state index contributed by atoms with van der Waals surface area (Å²) >= 11 is 0. The molecule has 1 unspecified atom stereocenters. The highest BCUT2D eigenvalue weighted by atomic mass is 16.5. The van der Waals surface area contributed by atoms with Crippen molar-refractivity contribution < 1.29 is 13.9 Å². The number of ether oxygens (including phenoxy) is 1. The Morgan fingerprint density at radius 3 is 2.72 bits per heavy atom. The summed E-state index contributed by atoms with van der Waals surface area (Å²) in [5, 5.41) is 8.18. The first-order valence-electron chi connectivity index (χ1n) is 8.31. The summed E-state index contributed by atoms with van der Waals surface area (Å²) in [7, 11) is 1.85. The van der Waals surface area contributed by atoms with Crippen LogP contribution in [-0.2, 0) is 6.61 Å². The zero-order valence-corrected chi connectivity index (χ0v) is 14.4. The van der Waals surface area contributed by atoms with E-state index in [4.69, 9.17) is 9.15 Å². The molecule has 0 bridgehead atoms. The van der Waals surface area contributed by atoms with Crippen molar-refractivity contribution in [2.75, 3.05) is 13.6 Å². The van der Waals surface area contributed by atoms with Crippen molar-refractivity contribution in [1.82, 2.24) is 10.6 Å². The number of hydrogen-bond donors (Lipinski definition) is 2. The first-order chi connectivity index (χ1) is 12.2. The van der Waals surface area contributed by atoms with Crippen molar-refractivity contribution in [2.45, 2.75) is 19.6 Å². The number of carbonyl (C=O) groups is 1. The van der Waals surface area contributed by atoms with Gasteiger partial charge >= 0.3 is 0 Å². The van der Waals surface area contributed by atoms with E-state index in [0.29, 0.717) is 18.1 Å². The molecule has 1 aromatic heterocycles. The first kappa shape index (κ1) is 17.0. The van der Waals surface area contributed by atoms with E-state index in [0.717, 1.165) is 11.1 Å². The van der Waals surface area contributed by atoms with Gasteiger partial charge in [0.05, 0.1) is 0 Å². The summed E-state index contributed by atoms with van der Waals surface area (Å²) in [6, 6.07) is 17.7. The highest BCUT2D eigenvalue weighted by molar-refractivity contribution is 5.91. The lowest BCUT2D eigenvalue weighted by Crippen LogP contribution is -2.37. The molecule has 25 heavy (non-hydrogen) atoms. The molecule has 0 radical (unpaired) electrons. The molecule has 3 rings (SSSR count). The molecule has 5 heteroatoms. The smallest absolute Gasteiger partial charge is 0.287 e. The minimum atomic E-state index is -0.223. The van der Waals surface area contributed by atoms with E-state index in [1.807, 2.05) is 50.4 Å². The molecule has 1 heterocycles. The number of benzene rings is 2. The number of rotatable bonds is 7. The molecule has 130 valence electrons. The maximum Gasteiger partial charge on any atom is 0.287 e. The molecule has 0 fully saturated rings. The Bertz CT molecular complexity index is 857. The van der Waals surface area contributed by atoms with Gasteiger partial charge in [-0.05, 0) is 49.0 Å². The van der Waals surface area contributed by atoms with Crippen LogP contribution in [0.5, 0.6) is 5.75 Å². The third-order valence-electron chi connectivity index (χ3n) is 4.05. The van der Waals surface area contributed by atoms with Crippen molar-refractivity contribution >= 4 is 16.7 Å². The van der Waals surface area contributed by atoms with Gasteiger partial charge in [0.15, 0.2) is 5.76 Å².